The summed E-state index contributed by atoms with van der Waals surface area (Å²) in [6, 6.07) is 60.4. The smallest absolute Gasteiger partial charge is 0.0468 e. The standard InChI is InChI=1S/C44H37N/c1-3-15-39(16-4-1)44(29-9-2-10-30-44)40-22-27-42(28-23-40)45(43-26-21-34-12-6-8-14-37(34)32-43)41-24-19-35(20-25-41)38-18-17-33-11-5-7-13-36(33)31-38/h1,3-8,11-28,31-32H,2,9-10,29-30H2. The van der Waals surface area contributed by atoms with E-state index in [9.17, 15) is 0 Å². The summed E-state index contributed by atoms with van der Waals surface area (Å²) >= 11 is 0. The highest BCUT2D eigenvalue weighted by Crippen LogP contribution is 2.46. The number of fused-ring (bicyclic) bond motifs is 2. The van der Waals surface area contributed by atoms with Crippen molar-refractivity contribution in [2.75, 3.05) is 4.90 Å². The Morgan fingerprint density at radius 2 is 0.844 bits per heavy atom. The third-order valence-corrected chi connectivity index (χ3v) is 9.91. The minimum atomic E-state index is 0.0906. The topological polar surface area (TPSA) is 3.24 Å². The summed E-state index contributed by atoms with van der Waals surface area (Å²) in [5.74, 6) is 0. The second-order valence-electron chi connectivity index (χ2n) is 12.5. The lowest BCUT2D eigenvalue weighted by Crippen LogP contribution is -2.30. The van der Waals surface area contributed by atoms with Crippen LogP contribution in [0.1, 0.15) is 43.2 Å². The molecule has 1 aliphatic rings. The van der Waals surface area contributed by atoms with Gasteiger partial charge in [-0.3, -0.25) is 0 Å². The van der Waals surface area contributed by atoms with Crippen molar-refractivity contribution >= 4 is 38.6 Å². The quantitative estimate of drug-likeness (QED) is 0.189. The highest BCUT2D eigenvalue weighted by atomic mass is 15.1. The Labute approximate surface area is 266 Å². The summed E-state index contributed by atoms with van der Waals surface area (Å²) < 4.78 is 0. The van der Waals surface area contributed by atoms with E-state index in [1.54, 1.807) is 0 Å². The molecule has 0 N–H and O–H groups in total. The molecular formula is C44H37N. The Hall–Kier alpha value is -5.14. The lowest BCUT2D eigenvalue weighted by atomic mass is 9.65. The molecule has 0 heterocycles. The molecule has 0 saturated heterocycles. The van der Waals surface area contributed by atoms with Crippen molar-refractivity contribution in [1.29, 1.82) is 0 Å². The SMILES string of the molecule is c1ccc(C2(c3ccc(N(c4ccc(-c5ccc6ccccc6c5)cc4)c4ccc5ccccc5c4)cc3)CCCCC2)cc1. The molecule has 7 aromatic rings. The maximum absolute atomic E-state index is 2.40. The van der Waals surface area contributed by atoms with Gasteiger partial charge in [-0.1, -0.05) is 141 Å². The lowest BCUT2D eigenvalue weighted by molar-refractivity contribution is 0.346. The first-order valence-corrected chi connectivity index (χ1v) is 16.3. The van der Waals surface area contributed by atoms with Gasteiger partial charge in [0, 0.05) is 22.5 Å². The van der Waals surface area contributed by atoms with E-state index in [1.807, 2.05) is 0 Å². The normalized spacial score (nSPS) is 14.4. The molecule has 1 aliphatic carbocycles. The van der Waals surface area contributed by atoms with E-state index in [0.717, 1.165) is 11.4 Å². The van der Waals surface area contributed by atoms with Crippen LogP contribution in [0.15, 0.2) is 164 Å². The predicted octanol–water partition coefficient (Wildman–Crippen LogP) is 12.4. The van der Waals surface area contributed by atoms with Crippen molar-refractivity contribution < 1.29 is 0 Å². The van der Waals surface area contributed by atoms with Gasteiger partial charge in [-0.15, -0.1) is 0 Å². The number of hydrogen-bond acceptors (Lipinski definition) is 1. The summed E-state index contributed by atoms with van der Waals surface area (Å²) in [5, 5.41) is 5.04. The van der Waals surface area contributed by atoms with Crippen molar-refractivity contribution in [3.8, 4) is 11.1 Å². The van der Waals surface area contributed by atoms with E-state index in [2.05, 4.69) is 169 Å². The van der Waals surface area contributed by atoms with E-state index in [-0.39, 0.29) is 5.41 Å². The van der Waals surface area contributed by atoms with E-state index in [1.165, 1.54) is 81.6 Å². The van der Waals surface area contributed by atoms with Crippen LogP contribution in [0.5, 0.6) is 0 Å². The van der Waals surface area contributed by atoms with Gasteiger partial charge < -0.3 is 4.90 Å². The van der Waals surface area contributed by atoms with Crippen LogP contribution in [0, 0.1) is 0 Å². The lowest BCUT2D eigenvalue weighted by Gasteiger charge is -2.39. The summed E-state index contributed by atoms with van der Waals surface area (Å²) in [6.07, 6.45) is 6.31. The van der Waals surface area contributed by atoms with Crippen LogP contribution in [0.2, 0.25) is 0 Å². The average molecular weight is 580 g/mol. The summed E-state index contributed by atoms with van der Waals surface area (Å²) in [4.78, 5) is 2.40. The second-order valence-corrected chi connectivity index (χ2v) is 12.5. The minimum absolute atomic E-state index is 0.0906. The molecule has 0 amide bonds. The zero-order valence-corrected chi connectivity index (χ0v) is 25.6. The first kappa shape index (κ1) is 27.4. The highest BCUT2D eigenvalue weighted by molar-refractivity contribution is 5.90. The maximum Gasteiger partial charge on any atom is 0.0468 e. The first-order chi connectivity index (χ1) is 22.3. The van der Waals surface area contributed by atoms with Gasteiger partial charge in [0.2, 0.25) is 0 Å². The molecule has 218 valence electrons. The molecule has 1 nitrogen and oxygen atoms in total. The zero-order valence-electron chi connectivity index (χ0n) is 25.6. The van der Waals surface area contributed by atoms with Crippen molar-refractivity contribution in [1.82, 2.24) is 0 Å². The van der Waals surface area contributed by atoms with Gasteiger partial charge in [0.05, 0.1) is 0 Å². The Kier molecular flexibility index (Phi) is 7.16. The van der Waals surface area contributed by atoms with Gasteiger partial charge in [0.1, 0.15) is 0 Å². The number of nitrogens with zero attached hydrogens (tertiary/aromatic N) is 1. The summed E-state index contributed by atoms with van der Waals surface area (Å²) in [7, 11) is 0. The van der Waals surface area contributed by atoms with Gasteiger partial charge in [0.15, 0.2) is 0 Å². The molecule has 0 aromatic heterocycles. The Balaban J connectivity index is 1.20. The van der Waals surface area contributed by atoms with Crippen molar-refractivity contribution in [2.24, 2.45) is 0 Å². The average Bonchev–Trinajstić information content (AvgIpc) is 3.13. The van der Waals surface area contributed by atoms with E-state index in [0.29, 0.717) is 0 Å². The van der Waals surface area contributed by atoms with Gasteiger partial charge in [0.25, 0.3) is 0 Å². The highest BCUT2D eigenvalue weighted by Gasteiger charge is 2.35. The van der Waals surface area contributed by atoms with Gasteiger partial charge in [-0.2, -0.15) is 0 Å². The molecule has 45 heavy (non-hydrogen) atoms. The van der Waals surface area contributed by atoms with Crippen LogP contribution in [0.3, 0.4) is 0 Å². The Morgan fingerprint density at radius 3 is 1.51 bits per heavy atom. The molecule has 1 saturated carbocycles. The second kappa shape index (κ2) is 11.7. The van der Waals surface area contributed by atoms with Crippen LogP contribution in [-0.2, 0) is 5.41 Å². The molecule has 8 rings (SSSR count). The first-order valence-electron chi connectivity index (χ1n) is 16.3. The van der Waals surface area contributed by atoms with Gasteiger partial charge in [-0.05, 0) is 99.1 Å². The molecule has 1 heteroatoms. The molecule has 0 radical (unpaired) electrons. The number of hydrogen-bond donors (Lipinski definition) is 0. The molecule has 0 unspecified atom stereocenters. The third kappa shape index (κ3) is 5.19. The fraction of sp³-hybridized carbons (Fsp3) is 0.136. The molecular weight excluding hydrogens is 542 g/mol. The van der Waals surface area contributed by atoms with Crippen LogP contribution >= 0.6 is 0 Å². The molecule has 0 bridgehead atoms. The number of anilines is 3. The number of benzene rings is 7. The fourth-order valence-corrected chi connectivity index (χ4v) is 7.52. The monoisotopic (exact) mass is 579 g/mol. The summed E-state index contributed by atoms with van der Waals surface area (Å²) in [6.45, 7) is 0. The van der Waals surface area contributed by atoms with Gasteiger partial charge >= 0.3 is 0 Å². The van der Waals surface area contributed by atoms with Crippen LogP contribution < -0.4 is 4.90 Å². The van der Waals surface area contributed by atoms with Crippen LogP contribution in [-0.4, -0.2) is 0 Å². The van der Waals surface area contributed by atoms with E-state index < -0.39 is 0 Å². The Morgan fingerprint density at radius 1 is 0.356 bits per heavy atom. The fourth-order valence-electron chi connectivity index (χ4n) is 7.52. The largest absolute Gasteiger partial charge is 0.310 e. The molecule has 0 aliphatic heterocycles. The van der Waals surface area contributed by atoms with E-state index in [4.69, 9.17) is 0 Å². The minimum Gasteiger partial charge on any atom is -0.310 e. The van der Waals surface area contributed by atoms with Crippen LogP contribution in [0.4, 0.5) is 17.1 Å². The molecule has 0 spiro atoms. The summed E-state index contributed by atoms with van der Waals surface area (Å²) in [5.41, 5.74) is 8.92. The zero-order chi connectivity index (χ0) is 30.1. The van der Waals surface area contributed by atoms with Crippen LogP contribution in [0.25, 0.3) is 32.7 Å². The number of rotatable bonds is 6. The van der Waals surface area contributed by atoms with Crippen molar-refractivity contribution in [3.05, 3.63) is 175 Å². The van der Waals surface area contributed by atoms with E-state index >= 15 is 0 Å². The predicted molar refractivity (Wildman–Crippen MR) is 192 cm³/mol. The molecule has 0 atom stereocenters. The molecule has 1 fully saturated rings. The maximum atomic E-state index is 2.40. The van der Waals surface area contributed by atoms with Crippen molar-refractivity contribution in [2.45, 2.75) is 37.5 Å². The Bertz CT molecular complexity index is 2070. The molecule has 7 aromatic carbocycles. The third-order valence-electron chi connectivity index (χ3n) is 9.91. The van der Waals surface area contributed by atoms with Gasteiger partial charge in [-0.25, -0.2) is 0 Å². The van der Waals surface area contributed by atoms with Crippen molar-refractivity contribution in [3.63, 3.8) is 0 Å².